The lowest BCUT2D eigenvalue weighted by molar-refractivity contribution is 0.172. The zero-order valence-electron chi connectivity index (χ0n) is 12.6. The molecule has 1 N–H and O–H groups in total. The van der Waals surface area contributed by atoms with E-state index in [1.807, 2.05) is 13.1 Å². The predicted octanol–water partition coefficient (Wildman–Crippen LogP) is 4.79. The average molecular weight is 342 g/mol. The van der Waals surface area contributed by atoms with Gasteiger partial charge in [0.1, 0.15) is 5.82 Å². The minimum atomic E-state index is -0.138. The van der Waals surface area contributed by atoms with Gasteiger partial charge in [0.05, 0.1) is 0 Å². The molecule has 0 heterocycles. The molecule has 2 rings (SSSR count). The van der Waals surface area contributed by atoms with Crippen LogP contribution in [0.3, 0.4) is 0 Å². The van der Waals surface area contributed by atoms with Crippen molar-refractivity contribution in [2.24, 2.45) is 17.8 Å². The van der Waals surface area contributed by atoms with Gasteiger partial charge in [-0.25, -0.2) is 4.39 Å². The van der Waals surface area contributed by atoms with Gasteiger partial charge in [0.2, 0.25) is 0 Å². The number of nitrogens with one attached hydrogen (secondary N) is 1. The predicted molar refractivity (Wildman–Crippen MR) is 86.3 cm³/mol. The summed E-state index contributed by atoms with van der Waals surface area (Å²) in [5.74, 6) is 2.00. The summed E-state index contributed by atoms with van der Waals surface area (Å²) in [6.45, 7) is 4.64. The van der Waals surface area contributed by atoms with E-state index in [0.29, 0.717) is 12.0 Å². The minimum absolute atomic E-state index is 0.138. The topological polar surface area (TPSA) is 12.0 Å². The first-order chi connectivity index (χ1) is 9.51. The highest BCUT2D eigenvalue weighted by Gasteiger charge is 2.31. The second-order valence-corrected chi connectivity index (χ2v) is 7.27. The van der Waals surface area contributed by atoms with Gasteiger partial charge in [-0.15, -0.1) is 0 Å². The van der Waals surface area contributed by atoms with Crippen LogP contribution in [0.1, 0.15) is 38.7 Å². The van der Waals surface area contributed by atoms with Crippen LogP contribution < -0.4 is 5.32 Å². The second-order valence-electron chi connectivity index (χ2n) is 6.41. The van der Waals surface area contributed by atoms with E-state index in [-0.39, 0.29) is 5.82 Å². The molecule has 1 fully saturated rings. The van der Waals surface area contributed by atoms with Crippen molar-refractivity contribution < 1.29 is 4.39 Å². The quantitative estimate of drug-likeness (QED) is 0.829. The molecule has 0 spiro atoms. The summed E-state index contributed by atoms with van der Waals surface area (Å²) in [4.78, 5) is 0. The Morgan fingerprint density at radius 3 is 2.75 bits per heavy atom. The summed E-state index contributed by atoms with van der Waals surface area (Å²) in [5, 5.41) is 3.46. The molecule has 0 aliphatic heterocycles. The van der Waals surface area contributed by atoms with Crippen LogP contribution in [0.25, 0.3) is 0 Å². The molecule has 0 amide bonds. The van der Waals surface area contributed by atoms with Crippen LogP contribution in [0.5, 0.6) is 0 Å². The Labute approximate surface area is 130 Å². The van der Waals surface area contributed by atoms with Crippen molar-refractivity contribution >= 4 is 15.9 Å². The normalized spacial score (nSPS) is 27.0. The molecule has 1 aliphatic rings. The number of halogens is 2. The number of hydrogen-bond donors (Lipinski definition) is 1. The first-order valence-electron chi connectivity index (χ1n) is 7.62. The van der Waals surface area contributed by atoms with Gasteiger partial charge in [0.25, 0.3) is 0 Å². The first-order valence-corrected chi connectivity index (χ1v) is 8.41. The molecule has 3 heteroatoms. The Hall–Kier alpha value is -0.410. The lowest BCUT2D eigenvalue weighted by atomic mass is 9.72. The van der Waals surface area contributed by atoms with Crippen molar-refractivity contribution in [3.05, 3.63) is 34.1 Å². The second kappa shape index (κ2) is 7.04. The van der Waals surface area contributed by atoms with Crippen LogP contribution in [0.4, 0.5) is 4.39 Å². The molecular formula is C17H25BrFN. The fraction of sp³-hybridized carbons (Fsp3) is 0.647. The molecule has 1 saturated carbocycles. The van der Waals surface area contributed by atoms with Gasteiger partial charge in [-0.1, -0.05) is 29.8 Å². The molecule has 3 atom stereocenters. The highest BCUT2D eigenvalue weighted by atomic mass is 79.9. The highest BCUT2D eigenvalue weighted by molar-refractivity contribution is 9.10. The van der Waals surface area contributed by atoms with Crippen LogP contribution in [-0.2, 0) is 6.42 Å². The van der Waals surface area contributed by atoms with E-state index in [2.05, 4.69) is 35.1 Å². The summed E-state index contributed by atoms with van der Waals surface area (Å²) in [6.07, 6.45) is 4.74. The van der Waals surface area contributed by atoms with Gasteiger partial charge < -0.3 is 5.32 Å². The van der Waals surface area contributed by atoms with Crippen LogP contribution >= 0.6 is 15.9 Å². The van der Waals surface area contributed by atoms with Gasteiger partial charge >= 0.3 is 0 Å². The monoisotopic (exact) mass is 341 g/mol. The summed E-state index contributed by atoms with van der Waals surface area (Å²) >= 11 is 3.56. The van der Waals surface area contributed by atoms with E-state index in [0.717, 1.165) is 28.3 Å². The molecule has 3 unspecified atom stereocenters. The Balaban J connectivity index is 2.13. The van der Waals surface area contributed by atoms with Crippen molar-refractivity contribution in [1.29, 1.82) is 0 Å². The van der Waals surface area contributed by atoms with Crippen LogP contribution in [0.15, 0.2) is 22.7 Å². The van der Waals surface area contributed by atoms with Gasteiger partial charge in [-0.2, -0.15) is 0 Å². The molecule has 1 aromatic rings. The zero-order chi connectivity index (χ0) is 14.7. The summed E-state index contributed by atoms with van der Waals surface area (Å²) in [7, 11) is 2.05. The van der Waals surface area contributed by atoms with E-state index in [1.54, 1.807) is 6.07 Å². The molecule has 1 aromatic carbocycles. The van der Waals surface area contributed by atoms with Crippen molar-refractivity contribution in [3.63, 3.8) is 0 Å². The molecule has 20 heavy (non-hydrogen) atoms. The SMILES string of the molecule is CNC1CCC(C(C)C)CC1Cc1cc(F)ccc1Br. The van der Waals surface area contributed by atoms with E-state index >= 15 is 0 Å². The smallest absolute Gasteiger partial charge is 0.123 e. The van der Waals surface area contributed by atoms with E-state index < -0.39 is 0 Å². The van der Waals surface area contributed by atoms with Gasteiger partial charge in [-0.05, 0) is 74.2 Å². The molecule has 1 aliphatic carbocycles. The molecule has 0 aromatic heterocycles. The third kappa shape index (κ3) is 3.82. The largest absolute Gasteiger partial charge is 0.317 e. The van der Waals surface area contributed by atoms with Crippen LogP contribution in [-0.4, -0.2) is 13.1 Å². The van der Waals surface area contributed by atoms with E-state index in [9.17, 15) is 4.39 Å². The molecule has 0 bridgehead atoms. The Kier molecular flexibility index (Phi) is 5.62. The molecule has 0 radical (unpaired) electrons. The number of hydrogen-bond acceptors (Lipinski definition) is 1. The third-order valence-electron chi connectivity index (χ3n) is 4.83. The van der Waals surface area contributed by atoms with Crippen molar-refractivity contribution in [2.45, 2.75) is 45.6 Å². The maximum Gasteiger partial charge on any atom is 0.123 e. The van der Waals surface area contributed by atoms with E-state index in [1.165, 1.54) is 25.3 Å². The average Bonchev–Trinajstić information content (AvgIpc) is 2.42. The molecule has 0 saturated heterocycles. The van der Waals surface area contributed by atoms with Gasteiger partial charge in [-0.3, -0.25) is 0 Å². The van der Waals surface area contributed by atoms with Gasteiger partial charge in [0.15, 0.2) is 0 Å². The first kappa shape index (κ1) is 16.0. The maximum atomic E-state index is 13.4. The highest BCUT2D eigenvalue weighted by Crippen LogP contribution is 2.36. The summed E-state index contributed by atoms with van der Waals surface area (Å²) in [5.41, 5.74) is 1.10. The summed E-state index contributed by atoms with van der Waals surface area (Å²) in [6, 6.07) is 5.57. The standard InChI is InChI=1S/C17H25BrFN/c1-11(2)12-4-7-17(20-3)14(8-12)9-13-10-15(19)5-6-16(13)18/h5-6,10-12,14,17,20H,4,7-9H2,1-3H3. The third-order valence-corrected chi connectivity index (χ3v) is 5.60. The van der Waals surface area contributed by atoms with Crippen molar-refractivity contribution in [2.75, 3.05) is 7.05 Å². The van der Waals surface area contributed by atoms with Gasteiger partial charge in [0, 0.05) is 10.5 Å². The summed E-state index contributed by atoms with van der Waals surface area (Å²) < 4.78 is 14.5. The Morgan fingerprint density at radius 1 is 1.35 bits per heavy atom. The Morgan fingerprint density at radius 2 is 2.10 bits per heavy atom. The molecular weight excluding hydrogens is 317 g/mol. The lowest BCUT2D eigenvalue weighted by Crippen LogP contribution is -2.40. The fourth-order valence-corrected chi connectivity index (χ4v) is 3.90. The van der Waals surface area contributed by atoms with Crippen LogP contribution in [0, 0.1) is 23.6 Å². The Bertz CT molecular complexity index is 447. The maximum absolute atomic E-state index is 13.4. The number of benzene rings is 1. The van der Waals surface area contributed by atoms with Crippen LogP contribution in [0.2, 0.25) is 0 Å². The van der Waals surface area contributed by atoms with E-state index in [4.69, 9.17) is 0 Å². The lowest BCUT2D eigenvalue weighted by Gasteiger charge is -2.38. The fourth-order valence-electron chi connectivity index (χ4n) is 3.49. The number of rotatable bonds is 4. The van der Waals surface area contributed by atoms with Crippen molar-refractivity contribution in [1.82, 2.24) is 5.32 Å². The molecule has 1 nitrogen and oxygen atoms in total. The molecule has 112 valence electrons. The zero-order valence-corrected chi connectivity index (χ0v) is 14.2. The minimum Gasteiger partial charge on any atom is -0.317 e. The van der Waals surface area contributed by atoms with Crippen molar-refractivity contribution in [3.8, 4) is 0 Å².